The highest BCUT2D eigenvalue weighted by atomic mass is 35.5. The summed E-state index contributed by atoms with van der Waals surface area (Å²) in [6, 6.07) is 3.97. The van der Waals surface area contributed by atoms with Gasteiger partial charge in [0.15, 0.2) is 5.65 Å². The molecule has 29 heavy (non-hydrogen) atoms. The predicted molar refractivity (Wildman–Crippen MR) is 115 cm³/mol. The van der Waals surface area contributed by atoms with Crippen molar-refractivity contribution in [2.45, 2.75) is 39.2 Å². The summed E-state index contributed by atoms with van der Waals surface area (Å²) in [6.45, 7) is 3.30. The van der Waals surface area contributed by atoms with Crippen LogP contribution < -0.4 is 0 Å². The van der Waals surface area contributed by atoms with Crippen molar-refractivity contribution < 1.29 is 0 Å². The van der Waals surface area contributed by atoms with Crippen LogP contribution in [-0.4, -0.2) is 29.3 Å². The number of pyridine rings is 2. The van der Waals surface area contributed by atoms with Crippen molar-refractivity contribution in [1.29, 1.82) is 0 Å². The van der Waals surface area contributed by atoms with Gasteiger partial charge in [0.1, 0.15) is 5.52 Å². The van der Waals surface area contributed by atoms with Crippen molar-refractivity contribution >= 4 is 22.8 Å². The number of hydrogen-bond donors (Lipinski definition) is 0. The minimum Gasteiger partial charge on any atom is -0.318 e. The molecule has 6 nitrogen and oxygen atoms in total. The Balaban J connectivity index is 1.54. The molecule has 7 heteroatoms. The first-order valence-corrected chi connectivity index (χ1v) is 10.3. The summed E-state index contributed by atoms with van der Waals surface area (Å²) >= 11 is 6.30. The highest BCUT2D eigenvalue weighted by Crippen LogP contribution is 2.39. The van der Waals surface area contributed by atoms with Crippen LogP contribution in [0, 0.1) is 5.41 Å². The van der Waals surface area contributed by atoms with Gasteiger partial charge < -0.3 is 4.57 Å². The lowest BCUT2D eigenvalue weighted by molar-refractivity contribution is 0.268. The molecule has 148 valence electrons. The van der Waals surface area contributed by atoms with Crippen LogP contribution in [-0.2, 0) is 13.6 Å². The van der Waals surface area contributed by atoms with E-state index in [9.17, 15) is 0 Å². The van der Waals surface area contributed by atoms with Crippen molar-refractivity contribution in [3.8, 4) is 22.4 Å². The molecule has 4 aromatic rings. The predicted octanol–water partition coefficient (Wildman–Crippen LogP) is 5.13. The molecule has 0 N–H and O–H groups in total. The summed E-state index contributed by atoms with van der Waals surface area (Å²) < 4.78 is 3.97. The fraction of sp³-hybridized carbons (Fsp3) is 0.364. The molecule has 4 aromatic heterocycles. The number of imidazole rings is 1. The summed E-state index contributed by atoms with van der Waals surface area (Å²) in [4.78, 5) is 13.6. The first kappa shape index (κ1) is 18.3. The van der Waals surface area contributed by atoms with E-state index < -0.39 is 0 Å². The second-order valence-corrected chi connectivity index (χ2v) is 8.85. The van der Waals surface area contributed by atoms with E-state index in [1.54, 1.807) is 12.5 Å². The molecule has 1 aliphatic carbocycles. The second-order valence-electron chi connectivity index (χ2n) is 8.42. The Labute approximate surface area is 174 Å². The Bertz CT molecular complexity index is 1190. The van der Waals surface area contributed by atoms with Crippen LogP contribution in [0.25, 0.3) is 33.5 Å². The average Bonchev–Trinajstić information content (AvgIpc) is 3.43. The van der Waals surface area contributed by atoms with E-state index in [1.165, 1.54) is 25.7 Å². The summed E-state index contributed by atoms with van der Waals surface area (Å²) in [6.07, 6.45) is 14.5. The van der Waals surface area contributed by atoms with Gasteiger partial charge in [-0.2, -0.15) is 5.10 Å². The van der Waals surface area contributed by atoms with Gasteiger partial charge in [-0.15, -0.1) is 0 Å². The topological polar surface area (TPSA) is 61.4 Å². The molecule has 0 saturated heterocycles. The molecule has 4 heterocycles. The van der Waals surface area contributed by atoms with Crippen LogP contribution in [0.4, 0.5) is 0 Å². The number of halogens is 1. The zero-order chi connectivity index (χ0) is 20.0. The third-order valence-corrected chi connectivity index (χ3v) is 6.18. The van der Waals surface area contributed by atoms with Crippen LogP contribution in [0.5, 0.6) is 0 Å². The van der Waals surface area contributed by atoms with Gasteiger partial charge >= 0.3 is 0 Å². The van der Waals surface area contributed by atoms with Gasteiger partial charge in [-0.25, -0.2) is 9.97 Å². The first-order valence-electron chi connectivity index (χ1n) is 9.97. The van der Waals surface area contributed by atoms with Gasteiger partial charge in [0.05, 0.1) is 23.2 Å². The van der Waals surface area contributed by atoms with Gasteiger partial charge in [-0.05, 0) is 30.4 Å². The van der Waals surface area contributed by atoms with Crippen molar-refractivity contribution in [3.05, 3.63) is 48.3 Å². The minimum absolute atomic E-state index is 0.340. The lowest BCUT2D eigenvalue weighted by Gasteiger charge is -2.22. The van der Waals surface area contributed by atoms with Crippen molar-refractivity contribution in [2.24, 2.45) is 12.5 Å². The van der Waals surface area contributed by atoms with Crippen molar-refractivity contribution in [1.82, 2.24) is 29.3 Å². The largest absolute Gasteiger partial charge is 0.318 e. The molecule has 5 rings (SSSR count). The molecular formula is C22H23ClN6. The molecule has 0 aliphatic heterocycles. The molecule has 1 aliphatic rings. The molecule has 0 unspecified atom stereocenters. The van der Waals surface area contributed by atoms with Crippen molar-refractivity contribution in [3.63, 3.8) is 0 Å². The maximum absolute atomic E-state index is 6.30. The summed E-state index contributed by atoms with van der Waals surface area (Å²) in [7, 11) is 1.94. The quantitative estimate of drug-likeness (QED) is 0.471. The first-order chi connectivity index (χ1) is 14.0. The minimum atomic E-state index is 0.340. The molecule has 0 radical (unpaired) electrons. The van der Waals surface area contributed by atoms with Gasteiger partial charge in [0, 0.05) is 48.9 Å². The molecule has 1 fully saturated rings. The Morgan fingerprint density at radius 1 is 1.03 bits per heavy atom. The summed E-state index contributed by atoms with van der Waals surface area (Å²) in [5.41, 5.74) is 5.75. The van der Waals surface area contributed by atoms with Gasteiger partial charge in [-0.1, -0.05) is 31.4 Å². The molecule has 0 amide bonds. The third-order valence-electron chi connectivity index (χ3n) is 5.98. The molecule has 0 atom stereocenters. The van der Waals surface area contributed by atoms with Gasteiger partial charge in [0.2, 0.25) is 0 Å². The van der Waals surface area contributed by atoms with Crippen LogP contribution >= 0.6 is 11.6 Å². The molecule has 0 aromatic carbocycles. The van der Waals surface area contributed by atoms with E-state index in [-0.39, 0.29) is 0 Å². The van der Waals surface area contributed by atoms with Crippen LogP contribution in [0.3, 0.4) is 0 Å². The smallest absolute Gasteiger partial charge is 0.159 e. The zero-order valence-electron chi connectivity index (χ0n) is 16.6. The third kappa shape index (κ3) is 3.42. The van der Waals surface area contributed by atoms with Crippen LogP contribution in [0.15, 0.2) is 43.2 Å². The SMILES string of the molecule is Cn1cnc2cc(-c3ncc(Cl)cc3-c3cnn(CC4(C)CCCC4)c3)cnc21. The van der Waals surface area contributed by atoms with Crippen LogP contribution in [0.2, 0.25) is 5.02 Å². The normalized spacial score (nSPS) is 16.0. The highest BCUT2D eigenvalue weighted by molar-refractivity contribution is 6.30. The van der Waals surface area contributed by atoms with Crippen molar-refractivity contribution in [2.75, 3.05) is 0 Å². The Hall–Kier alpha value is -2.73. The van der Waals surface area contributed by atoms with E-state index in [0.29, 0.717) is 10.4 Å². The number of rotatable bonds is 4. The molecular weight excluding hydrogens is 384 g/mol. The number of aromatic nitrogens is 6. The fourth-order valence-electron chi connectivity index (χ4n) is 4.40. The monoisotopic (exact) mass is 406 g/mol. The number of fused-ring (bicyclic) bond motifs is 1. The second kappa shape index (κ2) is 6.95. The van der Waals surface area contributed by atoms with E-state index in [1.807, 2.05) is 36.1 Å². The number of nitrogens with zero attached hydrogens (tertiary/aromatic N) is 6. The summed E-state index contributed by atoms with van der Waals surface area (Å²) in [5, 5.41) is 5.24. The molecule has 1 saturated carbocycles. The van der Waals surface area contributed by atoms with Crippen LogP contribution in [0.1, 0.15) is 32.6 Å². The van der Waals surface area contributed by atoms with E-state index in [2.05, 4.69) is 37.9 Å². The fourth-order valence-corrected chi connectivity index (χ4v) is 4.56. The van der Waals surface area contributed by atoms with Gasteiger partial charge in [-0.3, -0.25) is 9.67 Å². The van der Waals surface area contributed by atoms with Gasteiger partial charge in [0.25, 0.3) is 0 Å². The van der Waals surface area contributed by atoms with E-state index in [4.69, 9.17) is 11.6 Å². The number of aryl methyl sites for hydroxylation is 1. The Morgan fingerprint density at radius 3 is 2.69 bits per heavy atom. The Morgan fingerprint density at radius 2 is 1.86 bits per heavy atom. The lowest BCUT2D eigenvalue weighted by Crippen LogP contribution is -2.19. The maximum Gasteiger partial charge on any atom is 0.159 e. The summed E-state index contributed by atoms with van der Waals surface area (Å²) in [5.74, 6) is 0. The lowest BCUT2D eigenvalue weighted by atomic mass is 9.89. The Kier molecular flexibility index (Phi) is 4.39. The highest BCUT2D eigenvalue weighted by Gasteiger charge is 2.29. The van der Waals surface area contributed by atoms with E-state index in [0.717, 1.165) is 40.1 Å². The molecule has 0 bridgehead atoms. The average molecular weight is 407 g/mol. The maximum atomic E-state index is 6.30. The number of hydrogen-bond acceptors (Lipinski definition) is 4. The standard InChI is InChI=1S/C22H23ClN6/c1-22(5-3-4-6-22)13-29-12-16(10-27-29)18-8-17(23)11-24-20(18)15-7-19-21(25-9-15)28(2)14-26-19/h7-12,14H,3-6,13H2,1-2H3. The molecule has 0 spiro atoms. The zero-order valence-corrected chi connectivity index (χ0v) is 17.4. The van der Waals surface area contributed by atoms with E-state index >= 15 is 0 Å².